The van der Waals surface area contributed by atoms with E-state index in [-0.39, 0.29) is 17.1 Å². The van der Waals surface area contributed by atoms with Crippen molar-refractivity contribution in [2.75, 3.05) is 0 Å². The van der Waals surface area contributed by atoms with Crippen LogP contribution in [0.5, 0.6) is 5.75 Å². The molecule has 2 heterocycles. The third kappa shape index (κ3) is 2.69. The Morgan fingerprint density at radius 1 is 1.00 bits per heavy atom. The van der Waals surface area contributed by atoms with Crippen molar-refractivity contribution < 1.29 is 23.8 Å². The zero-order valence-electron chi connectivity index (χ0n) is 13.6. The molecule has 0 radical (unpaired) electrons. The fraction of sp³-hybridized carbons (Fsp3) is 0.0526. The summed E-state index contributed by atoms with van der Waals surface area (Å²) in [6.07, 6.45) is 0. The Hall–Kier alpha value is -3.61. The number of H-pyrrole nitrogens is 2. The van der Waals surface area contributed by atoms with E-state index in [9.17, 15) is 14.0 Å². The van der Waals surface area contributed by atoms with Crippen molar-refractivity contribution >= 4 is 33.7 Å². The molecule has 0 amide bonds. The number of carboxylic acid groups (broad SMARTS) is 1. The van der Waals surface area contributed by atoms with Gasteiger partial charge in [0.25, 0.3) is 0 Å². The first-order valence-corrected chi connectivity index (χ1v) is 7.78. The molecule has 0 unspecified atom stereocenters. The maximum atomic E-state index is 13.3. The van der Waals surface area contributed by atoms with E-state index >= 15 is 0 Å². The van der Waals surface area contributed by atoms with Gasteiger partial charge in [0.15, 0.2) is 0 Å². The number of fused-ring (bicyclic) bond motifs is 2. The summed E-state index contributed by atoms with van der Waals surface area (Å²) in [5.74, 6) is -1.79. The van der Waals surface area contributed by atoms with Gasteiger partial charge in [-0.25, -0.2) is 14.0 Å². The number of nitrogens with one attached hydrogen (secondary N) is 2. The number of carbonyl (C=O) groups is 2. The molecule has 6 nitrogen and oxygen atoms in total. The lowest BCUT2D eigenvalue weighted by Gasteiger charge is -2.05. The van der Waals surface area contributed by atoms with Gasteiger partial charge in [-0.05, 0) is 48.9 Å². The Bertz CT molecular complexity index is 1190. The second kappa shape index (κ2) is 5.73. The van der Waals surface area contributed by atoms with Crippen LogP contribution in [0.25, 0.3) is 21.8 Å². The molecule has 0 atom stereocenters. The van der Waals surface area contributed by atoms with Crippen LogP contribution in [0.2, 0.25) is 0 Å². The van der Waals surface area contributed by atoms with E-state index in [1.54, 1.807) is 25.1 Å². The van der Waals surface area contributed by atoms with Crippen LogP contribution in [0.3, 0.4) is 0 Å². The number of esters is 1. The summed E-state index contributed by atoms with van der Waals surface area (Å²) < 4.78 is 18.7. The SMILES string of the molecule is Cc1cc(OC(=O)c2cc3cc(F)ccc3[nH]2)cc2[nH]c(C(=O)O)cc12. The zero-order valence-corrected chi connectivity index (χ0v) is 13.6. The average Bonchev–Trinajstić information content (AvgIpc) is 3.18. The maximum absolute atomic E-state index is 13.3. The van der Waals surface area contributed by atoms with Crippen LogP contribution in [0.4, 0.5) is 4.39 Å². The second-order valence-electron chi connectivity index (χ2n) is 5.99. The van der Waals surface area contributed by atoms with Gasteiger partial charge in [0, 0.05) is 22.4 Å². The topological polar surface area (TPSA) is 95.2 Å². The van der Waals surface area contributed by atoms with E-state index in [2.05, 4.69) is 9.97 Å². The number of aryl methyl sites for hydroxylation is 1. The molecule has 4 aromatic rings. The van der Waals surface area contributed by atoms with E-state index in [4.69, 9.17) is 9.84 Å². The van der Waals surface area contributed by atoms with Gasteiger partial charge in [-0.3, -0.25) is 0 Å². The molecule has 2 aromatic carbocycles. The Morgan fingerprint density at radius 2 is 1.77 bits per heavy atom. The standard InChI is InChI=1S/C19H13FN2O4/c1-9-4-12(7-15-13(9)8-16(22-15)18(23)24)26-19(25)17-6-10-5-11(20)2-3-14(10)21-17/h2-8,21-22H,1H3,(H,23,24). The van der Waals surface area contributed by atoms with Crippen LogP contribution in [0.15, 0.2) is 42.5 Å². The van der Waals surface area contributed by atoms with Gasteiger partial charge in [0.05, 0.1) is 5.52 Å². The highest BCUT2D eigenvalue weighted by Crippen LogP contribution is 2.26. The first-order valence-electron chi connectivity index (χ1n) is 7.78. The Morgan fingerprint density at radius 3 is 2.54 bits per heavy atom. The summed E-state index contributed by atoms with van der Waals surface area (Å²) in [5.41, 5.74) is 2.21. The van der Waals surface area contributed by atoms with E-state index in [1.807, 2.05) is 0 Å². The molecule has 0 aliphatic carbocycles. The molecule has 7 heteroatoms. The normalized spacial score (nSPS) is 11.2. The number of ether oxygens (including phenoxy) is 1. The highest BCUT2D eigenvalue weighted by molar-refractivity contribution is 5.98. The first kappa shape index (κ1) is 15.9. The smallest absolute Gasteiger partial charge is 0.360 e. The van der Waals surface area contributed by atoms with Gasteiger partial charge in [-0.2, -0.15) is 0 Å². The van der Waals surface area contributed by atoms with Crippen molar-refractivity contribution in [1.29, 1.82) is 0 Å². The second-order valence-corrected chi connectivity index (χ2v) is 5.99. The predicted molar refractivity (Wildman–Crippen MR) is 93.2 cm³/mol. The van der Waals surface area contributed by atoms with Crippen LogP contribution in [0, 0.1) is 12.7 Å². The van der Waals surface area contributed by atoms with E-state index < -0.39 is 17.8 Å². The number of rotatable bonds is 3. The number of aromatic carboxylic acids is 1. The average molecular weight is 352 g/mol. The fourth-order valence-electron chi connectivity index (χ4n) is 2.94. The van der Waals surface area contributed by atoms with E-state index in [0.717, 1.165) is 10.9 Å². The molecule has 0 spiro atoms. The minimum Gasteiger partial charge on any atom is -0.477 e. The molecule has 130 valence electrons. The number of benzene rings is 2. The molecule has 0 aliphatic heterocycles. The van der Waals surface area contributed by atoms with Gasteiger partial charge in [-0.15, -0.1) is 0 Å². The molecule has 0 saturated heterocycles. The summed E-state index contributed by atoms with van der Waals surface area (Å²) in [4.78, 5) is 29.1. The number of hydrogen-bond acceptors (Lipinski definition) is 3. The van der Waals surface area contributed by atoms with Gasteiger partial charge in [0.1, 0.15) is 23.0 Å². The van der Waals surface area contributed by atoms with Crippen molar-refractivity contribution in [2.45, 2.75) is 6.92 Å². The van der Waals surface area contributed by atoms with Crippen LogP contribution >= 0.6 is 0 Å². The Kier molecular flexibility index (Phi) is 3.50. The van der Waals surface area contributed by atoms with Crippen molar-refractivity contribution in [3.05, 3.63) is 65.2 Å². The van der Waals surface area contributed by atoms with Gasteiger partial charge < -0.3 is 19.8 Å². The third-order valence-electron chi connectivity index (χ3n) is 4.16. The van der Waals surface area contributed by atoms with Crippen molar-refractivity contribution in [3.8, 4) is 5.75 Å². The van der Waals surface area contributed by atoms with Crippen LogP contribution in [-0.2, 0) is 0 Å². The van der Waals surface area contributed by atoms with Crippen molar-refractivity contribution in [2.24, 2.45) is 0 Å². The number of aromatic nitrogens is 2. The highest BCUT2D eigenvalue weighted by atomic mass is 19.1. The monoisotopic (exact) mass is 352 g/mol. The summed E-state index contributed by atoms with van der Waals surface area (Å²) >= 11 is 0. The largest absolute Gasteiger partial charge is 0.477 e. The van der Waals surface area contributed by atoms with E-state index in [1.165, 1.54) is 24.3 Å². The van der Waals surface area contributed by atoms with Crippen molar-refractivity contribution in [1.82, 2.24) is 9.97 Å². The molecule has 0 bridgehead atoms. The maximum Gasteiger partial charge on any atom is 0.360 e. The quantitative estimate of drug-likeness (QED) is 0.383. The summed E-state index contributed by atoms with van der Waals surface area (Å²) in [7, 11) is 0. The molecular formula is C19H13FN2O4. The number of aromatic amines is 2. The van der Waals surface area contributed by atoms with E-state index in [0.29, 0.717) is 16.4 Å². The number of hydrogen-bond donors (Lipinski definition) is 3. The van der Waals surface area contributed by atoms with Crippen molar-refractivity contribution in [3.63, 3.8) is 0 Å². The van der Waals surface area contributed by atoms with Gasteiger partial charge in [0.2, 0.25) is 0 Å². The minimum atomic E-state index is -1.07. The zero-order chi connectivity index (χ0) is 18.4. The fourth-order valence-corrected chi connectivity index (χ4v) is 2.94. The lowest BCUT2D eigenvalue weighted by atomic mass is 10.1. The molecule has 26 heavy (non-hydrogen) atoms. The van der Waals surface area contributed by atoms with Crippen LogP contribution in [0.1, 0.15) is 26.5 Å². The van der Waals surface area contributed by atoms with Crippen LogP contribution < -0.4 is 4.74 Å². The predicted octanol–water partition coefficient (Wildman–Crippen LogP) is 4.01. The molecule has 0 aliphatic rings. The molecule has 0 saturated carbocycles. The molecule has 3 N–H and O–H groups in total. The van der Waals surface area contributed by atoms with Crippen LogP contribution in [-0.4, -0.2) is 27.0 Å². The third-order valence-corrected chi connectivity index (χ3v) is 4.16. The molecular weight excluding hydrogens is 339 g/mol. The van der Waals surface area contributed by atoms with Gasteiger partial charge >= 0.3 is 11.9 Å². The molecule has 2 aromatic heterocycles. The molecule has 4 rings (SSSR count). The van der Waals surface area contributed by atoms with Gasteiger partial charge in [-0.1, -0.05) is 0 Å². The Labute approximate surface area is 146 Å². The number of carboxylic acids is 1. The lowest BCUT2D eigenvalue weighted by molar-refractivity contribution is 0.0688. The summed E-state index contributed by atoms with van der Waals surface area (Å²) in [6, 6.07) is 10.4. The minimum absolute atomic E-state index is 0.0595. The lowest BCUT2D eigenvalue weighted by Crippen LogP contribution is -2.08. The Balaban J connectivity index is 1.66. The highest BCUT2D eigenvalue weighted by Gasteiger charge is 2.15. The number of carbonyl (C=O) groups excluding carboxylic acids is 1. The first-order chi connectivity index (χ1) is 12.4. The summed E-state index contributed by atoms with van der Waals surface area (Å²) in [5, 5.41) is 10.4. The molecule has 0 fully saturated rings. The summed E-state index contributed by atoms with van der Waals surface area (Å²) in [6.45, 7) is 1.80. The number of halogens is 1.